The van der Waals surface area contributed by atoms with Crippen molar-refractivity contribution < 1.29 is 18.1 Å². The van der Waals surface area contributed by atoms with E-state index in [1.807, 2.05) is 0 Å². The number of nitro groups is 1. The summed E-state index contributed by atoms with van der Waals surface area (Å²) in [6, 6.07) is 7.48. The van der Waals surface area contributed by atoms with Crippen molar-refractivity contribution in [2.24, 2.45) is 0 Å². The van der Waals surface area contributed by atoms with Gasteiger partial charge in [0, 0.05) is 10.7 Å². The Morgan fingerprint density at radius 2 is 1.67 bits per heavy atom. The van der Waals surface area contributed by atoms with Crippen LogP contribution in [0.1, 0.15) is 11.1 Å². The molecule has 0 aliphatic heterocycles. The molecular formula is C18H12Cl2F3N5O2. The van der Waals surface area contributed by atoms with E-state index in [0.717, 1.165) is 30.1 Å². The summed E-state index contributed by atoms with van der Waals surface area (Å²) in [5.74, 6) is -0.516. The second-order valence-corrected chi connectivity index (χ2v) is 6.90. The molecule has 2 aromatic carbocycles. The van der Waals surface area contributed by atoms with Crippen molar-refractivity contribution in [1.29, 1.82) is 0 Å². The van der Waals surface area contributed by atoms with Crippen LogP contribution in [0, 0.1) is 17.0 Å². The lowest BCUT2D eigenvalue weighted by Gasteiger charge is -2.13. The Balaban J connectivity index is 2.01. The lowest BCUT2D eigenvalue weighted by molar-refractivity contribution is -0.383. The number of alkyl halides is 3. The summed E-state index contributed by atoms with van der Waals surface area (Å²) in [5, 5.41) is 17.3. The van der Waals surface area contributed by atoms with Crippen LogP contribution in [-0.2, 0) is 6.18 Å². The van der Waals surface area contributed by atoms with Crippen LogP contribution in [0.5, 0.6) is 0 Å². The zero-order valence-electron chi connectivity index (χ0n) is 15.1. The van der Waals surface area contributed by atoms with Crippen molar-refractivity contribution in [3.8, 4) is 0 Å². The summed E-state index contributed by atoms with van der Waals surface area (Å²) < 4.78 is 39.0. The molecule has 0 saturated heterocycles. The summed E-state index contributed by atoms with van der Waals surface area (Å²) in [7, 11) is 0. The lowest BCUT2D eigenvalue weighted by Crippen LogP contribution is -2.08. The molecule has 0 amide bonds. The van der Waals surface area contributed by atoms with Crippen LogP contribution < -0.4 is 10.6 Å². The van der Waals surface area contributed by atoms with Crippen molar-refractivity contribution in [1.82, 2.24) is 9.97 Å². The standard InChI is InChI=1S/C18H12Cl2F3N5O2/c1-9-2-4-11(7-13(9)20)26-16-15(28(29)30)17(25-8-24-16)27-14-6-10(18(21,22)23)3-5-12(14)19/h2-8H,1H3,(H2,24,25,26,27). The number of hydrogen-bond acceptors (Lipinski definition) is 6. The smallest absolute Gasteiger partial charge is 0.334 e. The van der Waals surface area contributed by atoms with Crippen molar-refractivity contribution in [3.63, 3.8) is 0 Å². The Hall–Kier alpha value is -3.11. The maximum Gasteiger partial charge on any atom is 0.416 e. The van der Waals surface area contributed by atoms with Gasteiger partial charge in [0.15, 0.2) is 0 Å². The number of benzene rings is 2. The first-order valence-corrected chi connectivity index (χ1v) is 8.98. The Bertz CT molecular complexity index is 1130. The highest BCUT2D eigenvalue weighted by Crippen LogP contribution is 2.38. The van der Waals surface area contributed by atoms with Gasteiger partial charge < -0.3 is 10.6 Å². The van der Waals surface area contributed by atoms with Crippen LogP contribution in [0.2, 0.25) is 10.0 Å². The van der Waals surface area contributed by atoms with Gasteiger partial charge in [0.25, 0.3) is 0 Å². The fourth-order valence-corrected chi connectivity index (χ4v) is 2.81. The SMILES string of the molecule is Cc1ccc(Nc2ncnc(Nc3cc(C(F)(F)F)ccc3Cl)c2[N+](=O)[O-])cc1Cl. The van der Waals surface area contributed by atoms with E-state index in [0.29, 0.717) is 10.7 Å². The van der Waals surface area contributed by atoms with Crippen LogP contribution in [0.3, 0.4) is 0 Å². The number of aryl methyl sites for hydroxylation is 1. The molecule has 7 nitrogen and oxygen atoms in total. The molecule has 1 heterocycles. The molecule has 3 rings (SSSR count). The average Bonchev–Trinajstić information content (AvgIpc) is 2.65. The molecule has 3 aromatic rings. The number of nitrogens with zero attached hydrogens (tertiary/aromatic N) is 3. The molecular weight excluding hydrogens is 446 g/mol. The van der Waals surface area contributed by atoms with Crippen LogP contribution in [-0.4, -0.2) is 14.9 Å². The number of anilines is 4. The van der Waals surface area contributed by atoms with E-state index < -0.39 is 22.4 Å². The van der Waals surface area contributed by atoms with Gasteiger partial charge in [-0.3, -0.25) is 10.1 Å². The summed E-state index contributed by atoms with van der Waals surface area (Å²) in [6.07, 6.45) is -3.59. The molecule has 0 atom stereocenters. The summed E-state index contributed by atoms with van der Waals surface area (Å²) in [6.45, 7) is 1.79. The van der Waals surface area contributed by atoms with Crippen molar-refractivity contribution >= 4 is 51.9 Å². The average molecular weight is 458 g/mol. The molecule has 0 saturated carbocycles. The molecule has 0 unspecified atom stereocenters. The van der Waals surface area contributed by atoms with E-state index >= 15 is 0 Å². The fourth-order valence-electron chi connectivity index (χ4n) is 2.47. The fraction of sp³-hybridized carbons (Fsp3) is 0.111. The monoisotopic (exact) mass is 457 g/mol. The number of halogens is 5. The lowest BCUT2D eigenvalue weighted by atomic mass is 10.2. The molecule has 0 aliphatic rings. The highest BCUT2D eigenvalue weighted by molar-refractivity contribution is 6.33. The largest absolute Gasteiger partial charge is 0.416 e. The van der Waals surface area contributed by atoms with Crippen LogP contribution in [0.15, 0.2) is 42.7 Å². The maximum atomic E-state index is 13.0. The van der Waals surface area contributed by atoms with Crippen LogP contribution >= 0.6 is 23.2 Å². The minimum atomic E-state index is -4.62. The highest BCUT2D eigenvalue weighted by Gasteiger charge is 2.31. The zero-order chi connectivity index (χ0) is 22.1. The maximum absolute atomic E-state index is 13.0. The predicted molar refractivity (Wildman–Crippen MR) is 108 cm³/mol. The van der Waals surface area contributed by atoms with E-state index in [4.69, 9.17) is 23.2 Å². The van der Waals surface area contributed by atoms with Crippen LogP contribution in [0.4, 0.5) is 41.9 Å². The third-order valence-electron chi connectivity index (χ3n) is 3.99. The van der Waals surface area contributed by atoms with Crippen molar-refractivity contribution in [3.05, 3.63) is 74.0 Å². The van der Waals surface area contributed by atoms with E-state index in [9.17, 15) is 23.3 Å². The Labute approximate surface area is 178 Å². The van der Waals surface area contributed by atoms with E-state index in [-0.39, 0.29) is 22.3 Å². The Morgan fingerprint density at radius 3 is 2.27 bits per heavy atom. The second-order valence-electron chi connectivity index (χ2n) is 6.08. The van der Waals surface area contributed by atoms with Gasteiger partial charge in [-0.05, 0) is 42.8 Å². The van der Waals surface area contributed by atoms with Gasteiger partial charge >= 0.3 is 11.9 Å². The summed E-state index contributed by atoms with van der Waals surface area (Å²) in [5.41, 5.74) is -0.518. The van der Waals surface area contributed by atoms with Crippen LogP contribution in [0.25, 0.3) is 0 Å². The molecule has 0 fully saturated rings. The Morgan fingerprint density at radius 1 is 1.00 bits per heavy atom. The van der Waals surface area contributed by atoms with Gasteiger partial charge in [-0.1, -0.05) is 29.3 Å². The topological polar surface area (TPSA) is 93.0 Å². The summed E-state index contributed by atoms with van der Waals surface area (Å²) in [4.78, 5) is 18.6. The number of hydrogen-bond donors (Lipinski definition) is 2. The third kappa shape index (κ3) is 4.71. The number of nitrogens with one attached hydrogen (secondary N) is 2. The van der Waals surface area contributed by atoms with E-state index in [2.05, 4.69) is 20.6 Å². The van der Waals surface area contributed by atoms with Gasteiger partial charge in [0.1, 0.15) is 6.33 Å². The molecule has 0 aliphatic carbocycles. The number of rotatable bonds is 5. The highest BCUT2D eigenvalue weighted by atomic mass is 35.5. The molecule has 0 bridgehead atoms. The third-order valence-corrected chi connectivity index (χ3v) is 4.72. The first-order valence-electron chi connectivity index (χ1n) is 8.22. The first kappa shape index (κ1) is 21.6. The molecule has 12 heteroatoms. The van der Waals surface area contributed by atoms with Crippen molar-refractivity contribution in [2.75, 3.05) is 10.6 Å². The predicted octanol–water partition coefficient (Wildman–Crippen LogP) is 6.51. The molecule has 2 N–H and O–H groups in total. The normalized spacial score (nSPS) is 11.3. The molecule has 1 aromatic heterocycles. The number of aromatic nitrogens is 2. The summed E-state index contributed by atoms with van der Waals surface area (Å²) >= 11 is 12.0. The quantitative estimate of drug-likeness (QED) is 0.335. The zero-order valence-corrected chi connectivity index (χ0v) is 16.6. The first-order chi connectivity index (χ1) is 14.1. The van der Waals surface area contributed by atoms with E-state index in [1.54, 1.807) is 25.1 Å². The van der Waals surface area contributed by atoms with Gasteiger partial charge in [0.2, 0.25) is 11.6 Å². The molecule has 30 heavy (non-hydrogen) atoms. The van der Waals surface area contributed by atoms with E-state index in [1.165, 1.54) is 0 Å². The second kappa shape index (κ2) is 8.33. The molecule has 0 radical (unpaired) electrons. The molecule has 0 spiro atoms. The van der Waals surface area contributed by atoms with Gasteiger partial charge in [-0.2, -0.15) is 13.2 Å². The van der Waals surface area contributed by atoms with Gasteiger partial charge in [-0.25, -0.2) is 9.97 Å². The van der Waals surface area contributed by atoms with Gasteiger partial charge in [-0.15, -0.1) is 0 Å². The Kier molecular flexibility index (Phi) is 5.99. The minimum absolute atomic E-state index is 0.0734. The minimum Gasteiger partial charge on any atom is -0.334 e. The van der Waals surface area contributed by atoms with Crippen molar-refractivity contribution in [2.45, 2.75) is 13.1 Å². The molecule has 156 valence electrons. The van der Waals surface area contributed by atoms with Gasteiger partial charge in [0.05, 0.1) is 21.2 Å².